The van der Waals surface area contributed by atoms with E-state index in [1.165, 1.54) is 38.8 Å². The van der Waals surface area contributed by atoms with E-state index in [1.54, 1.807) is 19.1 Å². The first-order valence-electron chi connectivity index (χ1n) is 7.93. The molecule has 134 valence electrons. The Bertz CT molecular complexity index is 982. The molecule has 3 rings (SSSR count). The molecule has 1 unspecified atom stereocenters. The van der Waals surface area contributed by atoms with Crippen LogP contribution in [0.15, 0.2) is 48.4 Å². The molecule has 0 aliphatic carbocycles. The molecule has 1 aromatic carbocycles. The summed E-state index contributed by atoms with van der Waals surface area (Å²) in [5.41, 5.74) is 2.24. The van der Waals surface area contributed by atoms with Crippen molar-refractivity contribution in [1.29, 1.82) is 0 Å². The molecule has 1 atom stereocenters. The van der Waals surface area contributed by atoms with Crippen molar-refractivity contribution in [2.75, 3.05) is 12.4 Å². The van der Waals surface area contributed by atoms with E-state index < -0.39 is 11.7 Å². The number of carbonyl (C=O) groups is 1. The number of halogens is 1. The zero-order chi connectivity index (χ0) is 18.7. The Hall–Kier alpha value is -3.29. The maximum absolute atomic E-state index is 13.6. The Morgan fingerprint density at radius 1 is 1.27 bits per heavy atom. The van der Waals surface area contributed by atoms with Crippen molar-refractivity contribution in [3.05, 3.63) is 59.8 Å². The topological polar surface area (TPSA) is 92.8 Å². The summed E-state index contributed by atoms with van der Waals surface area (Å²) in [6.07, 6.45) is 2.91. The van der Waals surface area contributed by atoms with Crippen molar-refractivity contribution in [2.24, 2.45) is 0 Å². The van der Waals surface area contributed by atoms with Gasteiger partial charge in [-0.05, 0) is 31.5 Å². The van der Waals surface area contributed by atoms with Crippen molar-refractivity contribution in [1.82, 2.24) is 19.9 Å². The number of aromatic nitrogens is 4. The molecule has 0 fully saturated rings. The van der Waals surface area contributed by atoms with Crippen LogP contribution in [0.1, 0.15) is 25.3 Å². The molecule has 26 heavy (non-hydrogen) atoms. The third-order valence-electron chi connectivity index (χ3n) is 3.97. The van der Waals surface area contributed by atoms with Crippen LogP contribution in [0.5, 0.6) is 0 Å². The Morgan fingerprint density at radius 3 is 2.77 bits per heavy atom. The molecule has 2 N–H and O–H groups in total. The molecule has 0 saturated carbocycles. The molecule has 0 saturated heterocycles. The number of benzene rings is 1. The van der Waals surface area contributed by atoms with E-state index >= 15 is 0 Å². The number of ether oxygens (including phenoxy) is 1. The number of allylic oxidation sites excluding steroid dienone is 2. The molecule has 0 bridgehead atoms. The molecule has 0 aliphatic rings. The number of imidazole rings is 1. The van der Waals surface area contributed by atoms with Gasteiger partial charge in [0, 0.05) is 0 Å². The monoisotopic (exact) mass is 355 g/mol. The predicted molar refractivity (Wildman–Crippen MR) is 94.8 cm³/mol. The van der Waals surface area contributed by atoms with Crippen LogP contribution in [0.25, 0.3) is 11.2 Å². The van der Waals surface area contributed by atoms with Gasteiger partial charge in [0.2, 0.25) is 0 Å². The van der Waals surface area contributed by atoms with E-state index in [9.17, 15) is 9.18 Å². The minimum atomic E-state index is -0.734. The minimum absolute atomic E-state index is 0.164. The second-order valence-electron chi connectivity index (χ2n) is 5.74. The number of anilines is 1. The summed E-state index contributed by atoms with van der Waals surface area (Å²) >= 11 is 0. The highest BCUT2D eigenvalue weighted by Crippen LogP contribution is 2.30. The molecule has 0 spiro atoms. The van der Waals surface area contributed by atoms with E-state index in [-0.39, 0.29) is 5.78 Å². The lowest BCUT2D eigenvalue weighted by Crippen LogP contribution is -2.17. The van der Waals surface area contributed by atoms with Gasteiger partial charge in [0.25, 0.3) is 0 Å². The molecule has 0 radical (unpaired) electrons. The molecule has 0 amide bonds. The summed E-state index contributed by atoms with van der Waals surface area (Å²) in [7, 11) is 1.47. The Kier molecular flexibility index (Phi) is 4.92. The van der Waals surface area contributed by atoms with Crippen LogP contribution in [0, 0.1) is 5.82 Å². The fourth-order valence-corrected chi connectivity index (χ4v) is 2.84. The van der Waals surface area contributed by atoms with Gasteiger partial charge in [-0.3, -0.25) is 4.79 Å². The van der Waals surface area contributed by atoms with Gasteiger partial charge in [-0.25, -0.2) is 19.3 Å². The highest BCUT2D eigenvalue weighted by Gasteiger charge is 2.25. The van der Waals surface area contributed by atoms with Gasteiger partial charge in [0.15, 0.2) is 11.5 Å². The van der Waals surface area contributed by atoms with Crippen LogP contribution in [0.3, 0.4) is 0 Å². The average molecular weight is 355 g/mol. The van der Waals surface area contributed by atoms with E-state index in [2.05, 4.69) is 25.3 Å². The highest BCUT2D eigenvalue weighted by molar-refractivity contribution is 5.87. The van der Waals surface area contributed by atoms with Crippen LogP contribution in [0.4, 0.5) is 10.2 Å². The largest absolute Gasteiger partial charge is 0.498 e. The number of methoxy groups -OCH3 is 1. The number of ketones is 1. The summed E-state index contributed by atoms with van der Waals surface area (Å²) in [4.78, 5) is 27.6. The number of fused-ring (bicyclic) bond motifs is 1. The number of aromatic amines is 1. The minimum Gasteiger partial charge on any atom is -0.498 e. The predicted octanol–water partition coefficient (Wildman–Crippen LogP) is 3.15. The number of Topliss-reactive ketones (excluding diaryl/α,β-unsaturated/α-hetero) is 1. The maximum atomic E-state index is 13.6. The molecule has 3 aromatic rings. The van der Waals surface area contributed by atoms with E-state index in [0.717, 1.165) is 0 Å². The first kappa shape index (κ1) is 17.5. The summed E-state index contributed by atoms with van der Waals surface area (Å²) in [6.45, 7) is 3.21. The average Bonchev–Trinajstić information content (AvgIpc) is 3.08. The number of nitrogens with zero attached hydrogens (tertiary/aromatic N) is 3. The fourth-order valence-electron chi connectivity index (χ4n) is 2.84. The van der Waals surface area contributed by atoms with Crippen LogP contribution in [-0.4, -0.2) is 32.8 Å². The van der Waals surface area contributed by atoms with Crippen molar-refractivity contribution >= 4 is 22.8 Å². The number of hydrogen-bond acceptors (Lipinski definition) is 6. The van der Waals surface area contributed by atoms with Crippen molar-refractivity contribution < 1.29 is 13.9 Å². The third kappa shape index (κ3) is 3.39. The zero-order valence-corrected chi connectivity index (χ0v) is 14.6. The van der Waals surface area contributed by atoms with E-state index in [1.807, 2.05) is 0 Å². The van der Waals surface area contributed by atoms with Gasteiger partial charge >= 0.3 is 0 Å². The second kappa shape index (κ2) is 7.30. The number of nitrogens with one attached hydrogen (secondary N) is 2. The van der Waals surface area contributed by atoms with Crippen LogP contribution >= 0.6 is 0 Å². The molecule has 0 aliphatic heterocycles. The van der Waals surface area contributed by atoms with Gasteiger partial charge in [0.1, 0.15) is 35.1 Å². The van der Waals surface area contributed by atoms with Crippen molar-refractivity contribution in [3.8, 4) is 0 Å². The molecule has 2 heterocycles. The normalized spacial score (nSPS) is 13.2. The number of H-pyrrole nitrogens is 1. The molecule has 8 heteroatoms. The lowest BCUT2D eigenvalue weighted by Gasteiger charge is -2.20. The quantitative estimate of drug-likeness (QED) is 0.660. The van der Waals surface area contributed by atoms with Crippen LogP contribution in [0.2, 0.25) is 0 Å². The summed E-state index contributed by atoms with van der Waals surface area (Å²) in [5.74, 6) is -0.425. The molecule has 2 aromatic heterocycles. The standard InChI is InChI=1S/C18H18FN5O2/c1-10(24-18-15-17(21-8-20-15)22-9-23-18)16(26-3)14(11(2)25)12-5-4-6-13(19)7-12/h4-9,14H,1-3H3,(H2,20,21,22,23,24)/b16-10-. The number of rotatable bonds is 6. The van der Waals surface area contributed by atoms with Gasteiger partial charge in [-0.1, -0.05) is 12.1 Å². The Morgan fingerprint density at radius 2 is 2.08 bits per heavy atom. The van der Waals surface area contributed by atoms with Gasteiger partial charge in [-0.2, -0.15) is 0 Å². The lowest BCUT2D eigenvalue weighted by molar-refractivity contribution is -0.118. The summed E-state index contributed by atoms with van der Waals surface area (Å²) < 4.78 is 19.1. The van der Waals surface area contributed by atoms with E-state index in [4.69, 9.17) is 4.74 Å². The first-order chi connectivity index (χ1) is 12.5. The lowest BCUT2D eigenvalue weighted by atomic mass is 9.92. The van der Waals surface area contributed by atoms with Gasteiger partial charge in [0.05, 0.1) is 19.1 Å². The van der Waals surface area contributed by atoms with Crippen molar-refractivity contribution in [2.45, 2.75) is 19.8 Å². The first-order valence-corrected chi connectivity index (χ1v) is 7.93. The number of carbonyl (C=O) groups excluding carboxylic acids is 1. The number of hydrogen-bond donors (Lipinski definition) is 2. The van der Waals surface area contributed by atoms with Gasteiger partial charge < -0.3 is 15.0 Å². The van der Waals surface area contributed by atoms with E-state index in [0.29, 0.717) is 34.0 Å². The maximum Gasteiger partial charge on any atom is 0.182 e. The SMILES string of the molecule is CO/C(=C(/C)Nc1ncnc2nc[nH]c12)C(C(C)=O)c1cccc(F)c1. The molecular formula is C18H18FN5O2. The second-order valence-corrected chi connectivity index (χ2v) is 5.74. The van der Waals surface area contributed by atoms with Crippen molar-refractivity contribution in [3.63, 3.8) is 0 Å². The zero-order valence-electron chi connectivity index (χ0n) is 14.6. The molecule has 7 nitrogen and oxygen atoms in total. The molecular weight excluding hydrogens is 337 g/mol. The summed E-state index contributed by atoms with van der Waals surface area (Å²) in [5, 5.41) is 3.13. The van der Waals surface area contributed by atoms with Gasteiger partial charge in [-0.15, -0.1) is 0 Å². The Balaban J connectivity index is 2.03. The van der Waals surface area contributed by atoms with Crippen LogP contribution in [-0.2, 0) is 9.53 Å². The Labute approximate surface area is 149 Å². The van der Waals surface area contributed by atoms with Crippen LogP contribution < -0.4 is 5.32 Å². The third-order valence-corrected chi connectivity index (χ3v) is 3.97. The fraction of sp³-hybridized carbons (Fsp3) is 0.222. The highest BCUT2D eigenvalue weighted by atomic mass is 19.1. The summed E-state index contributed by atoms with van der Waals surface area (Å²) in [6, 6.07) is 5.92. The smallest absolute Gasteiger partial charge is 0.182 e.